The second-order valence-electron chi connectivity index (χ2n) is 5.26. The van der Waals surface area contributed by atoms with E-state index in [-0.39, 0.29) is 6.04 Å². The molecule has 0 saturated heterocycles. The molecule has 0 fully saturated rings. The van der Waals surface area contributed by atoms with Crippen molar-refractivity contribution in [3.63, 3.8) is 0 Å². The van der Waals surface area contributed by atoms with E-state index in [1.165, 1.54) is 21.6 Å². The van der Waals surface area contributed by atoms with Crippen LogP contribution in [0.25, 0.3) is 0 Å². The van der Waals surface area contributed by atoms with Crippen LogP contribution in [-0.4, -0.2) is 10.2 Å². The fraction of sp³-hybridized carbons (Fsp3) is 0.235. The maximum atomic E-state index is 4.08. The maximum absolute atomic E-state index is 4.08. The highest BCUT2D eigenvalue weighted by molar-refractivity contribution is 7.10. The largest absolute Gasteiger partial charge is 0.301 e. The van der Waals surface area contributed by atoms with Crippen molar-refractivity contribution in [3.05, 3.63) is 75.2 Å². The number of nitrogens with one attached hydrogen (secondary N) is 2. The highest BCUT2D eigenvalue weighted by Gasteiger charge is 2.15. The molecule has 4 heteroatoms. The topological polar surface area (TPSA) is 40.7 Å². The first-order chi connectivity index (χ1) is 10.2. The Bertz CT molecular complexity index is 683. The minimum absolute atomic E-state index is 0.222. The average molecular weight is 297 g/mol. The second-order valence-corrected chi connectivity index (χ2v) is 6.24. The highest BCUT2D eigenvalue weighted by Crippen LogP contribution is 2.26. The Hall–Kier alpha value is -1.91. The van der Waals surface area contributed by atoms with E-state index in [1.807, 2.05) is 6.20 Å². The summed E-state index contributed by atoms with van der Waals surface area (Å²) in [5.41, 5.74) is 4.92. The van der Waals surface area contributed by atoms with Crippen LogP contribution in [0.1, 0.15) is 33.3 Å². The summed E-state index contributed by atoms with van der Waals surface area (Å²) in [4.78, 5) is 1.33. The van der Waals surface area contributed by atoms with Crippen molar-refractivity contribution in [2.45, 2.75) is 26.4 Å². The maximum Gasteiger partial charge on any atom is 0.0673 e. The molecule has 1 aromatic carbocycles. The summed E-state index contributed by atoms with van der Waals surface area (Å²) in [6.07, 6.45) is 1.89. The first-order valence-corrected chi connectivity index (χ1v) is 7.94. The van der Waals surface area contributed by atoms with Crippen molar-refractivity contribution in [1.82, 2.24) is 15.5 Å². The van der Waals surface area contributed by atoms with E-state index in [2.05, 4.69) is 71.1 Å². The van der Waals surface area contributed by atoms with Crippen LogP contribution in [0.5, 0.6) is 0 Å². The minimum Gasteiger partial charge on any atom is -0.301 e. The van der Waals surface area contributed by atoms with Gasteiger partial charge in [-0.05, 0) is 30.9 Å². The molecular weight excluding hydrogens is 278 g/mol. The van der Waals surface area contributed by atoms with Gasteiger partial charge < -0.3 is 5.32 Å². The summed E-state index contributed by atoms with van der Waals surface area (Å²) in [6, 6.07) is 13.3. The van der Waals surface area contributed by atoms with Gasteiger partial charge in [0.15, 0.2) is 0 Å². The summed E-state index contributed by atoms with van der Waals surface area (Å²) in [5, 5.41) is 12.8. The van der Waals surface area contributed by atoms with Crippen LogP contribution < -0.4 is 5.32 Å². The summed E-state index contributed by atoms with van der Waals surface area (Å²) in [6.45, 7) is 4.97. The van der Waals surface area contributed by atoms with Gasteiger partial charge in [0.25, 0.3) is 0 Å². The number of nitrogens with zero attached hydrogens (tertiary/aromatic N) is 1. The van der Waals surface area contributed by atoms with Gasteiger partial charge in [-0.3, -0.25) is 5.10 Å². The molecule has 21 heavy (non-hydrogen) atoms. The Morgan fingerprint density at radius 1 is 1.19 bits per heavy atom. The molecule has 3 nitrogen and oxygen atoms in total. The Morgan fingerprint density at radius 2 is 2.00 bits per heavy atom. The third-order valence-corrected chi connectivity index (χ3v) is 4.61. The molecule has 0 aliphatic heterocycles. The molecule has 0 aliphatic carbocycles. The first-order valence-electron chi connectivity index (χ1n) is 7.06. The molecular formula is C17H19N3S. The Labute approximate surface area is 129 Å². The van der Waals surface area contributed by atoms with Gasteiger partial charge in [-0.1, -0.05) is 35.9 Å². The lowest BCUT2D eigenvalue weighted by atomic mass is 10.0. The van der Waals surface area contributed by atoms with Crippen LogP contribution in [0.3, 0.4) is 0 Å². The molecule has 2 N–H and O–H groups in total. The summed E-state index contributed by atoms with van der Waals surface area (Å²) in [5.74, 6) is 0. The monoisotopic (exact) mass is 297 g/mol. The van der Waals surface area contributed by atoms with Crippen LogP contribution in [0.15, 0.2) is 48.0 Å². The molecule has 0 spiro atoms. The Balaban J connectivity index is 1.83. The van der Waals surface area contributed by atoms with Gasteiger partial charge in [0.1, 0.15) is 0 Å². The number of thiophene rings is 1. The molecule has 2 heterocycles. The van der Waals surface area contributed by atoms with Gasteiger partial charge in [0, 0.05) is 22.7 Å². The molecule has 0 aliphatic rings. The predicted molar refractivity (Wildman–Crippen MR) is 87.5 cm³/mol. The molecule has 0 unspecified atom stereocenters. The zero-order valence-electron chi connectivity index (χ0n) is 12.3. The van der Waals surface area contributed by atoms with E-state index in [1.54, 1.807) is 11.3 Å². The fourth-order valence-electron chi connectivity index (χ4n) is 2.36. The number of hydrogen-bond donors (Lipinski definition) is 2. The Morgan fingerprint density at radius 3 is 2.62 bits per heavy atom. The van der Waals surface area contributed by atoms with Gasteiger partial charge >= 0.3 is 0 Å². The molecule has 108 valence electrons. The van der Waals surface area contributed by atoms with E-state index < -0.39 is 0 Å². The molecule has 3 rings (SSSR count). The smallest absolute Gasteiger partial charge is 0.0673 e. The van der Waals surface area contributed by atoms with Crippen LogP contribution in [0, 0.1) is 13.8 Å². The van der Waals surface area contributed by atoms with E-state index >= 15 is 0 Å². The van der Waals surface area contributed by atoms with Crippen molar-refractivity contribution in [2.24, 2.45) is 0 Å². The zero-order valence-corrected chi connectivity index (χ0v) is 13.1. The number of benzene rings is 1. The quantitative estimate of drug-likeness (QED) is 0.748. The van der Waals surface area contributed by atoms with Gasteiger partial charge in [0.2, 0.25) is 0 Å². The molecule has 3 aromatic rings. The number of hydrogen-bond acceptors (Lipinski definition) is 3. The zero-order chi connectivity index (χ0) is 14.7. The fourth-order valence-corrected chi connectivity index (χ4v) is 3.19. The van der Waals surface area contributed by atoms with E-state index in [9.17, 15) is 0 Å². The lowest BCUT2D eigenvalue weighted by Gasteiger charge is -2.18. The minimum atomic E-state index is 0.222. The third-order valence-electron chi connectivity index (χ3n) is 3.67. The highest BCUT2D eigenvalue weighted by atomic mass is 32.1. The van der Waals surface area contributed by atoms with Gasteiger partial charge in [-0.2, -0.15) is 5.10 Å². The summed E-state index contributed by atoms with van der Waals surface area (Å²) < 4.78 is 0. The number of aromatic nitrogens is 2. The molecule has 0 bridgehead atoms. The van der Waals surface area contributed by atoms with E-state index in [0.29, 0.717) is 0 Å². The van der Waals surface area contributed by atoms with Crippen LogP contribution in [0.4, 0.5) is 0 Å². The molecule has 1 atom stereocenters. The number of aromatic amines is 1. The SMILES string of the molecule is Cc1ccc([C@@H](NCc2cn[nH]c2C)c2cccs2)cc1. The van der Waals surface area contributed by atoms with Crippen molar-refractivity contribution < 1.29 is 0 Å². The second kappa shape index (κ2) is 6.24. The van der Waals surface area contributed by atoms with Crippen LogP contribution in [0.2, 0.25) is 0 Å². The average Bonchev–Trinajstić information content (AvgIpc) is 3.13. The third kappa shape index (κ3) is 3.23. The van der Waals surface area contributed by atoms with Crippen LogP contribution in [-0.2, 0) is 6.54 Å². The van der Waals surface area contributed by atoms with Gasteiger partial charge in [0.05, 0.1) is 12.2 Å². The molecule has 2 aromatic heterocycles. The van der Waals surface area contributed by atoms with Gasteiger partial charge in [-0.15, -0.1) is 11.3 Å². The van der Waals surface area contributed by atoms with E-state index in [0.717, 1.165) is 12.2 Å². The molecule has 0 radical (unpaired) electrons. The summed E-state index contributed by atoms with van der Waals surface area (Å²) >= 11 is 1.79. The van der Waals surface area contributed by atoms with Gasteiger partial charge in [-0.25, -0.2) is 0 Å². The van der Waals surface area contributed by atoms with Crippen LogP contribution >= 0.6 is 11.3 Å². The number of aryl methyl sites for hydroxylation is 2. The lowest BCUT2D eigenvalue weighted by molar-refractivity contribution is 0.611. The normalized spacial score (nSPS) is 12.5. The Kier molecular flexibility index (Phi) is 4.18. The number of rotatable bonds is 5. The standard InChI is InChI=1S/C17H19N3S/c1-12-5-7-14(8-6-12)17(16-4-3-9-21-16)18-10-15-11-19-20-13(15)2/h3-9,11,17-18H,10H2,1-2H3,(H,19,20)/t17-/m1/s1. The van der Waals surface area contributed by atoms with E-state index in [4.69, 9.17) is 0 Å². The van der Waals surface area contributed by atoms with Crippen molar-refractivity contribution >= 4 is 11.3 Å². The lowest BCUT2D eigenvalue weighted by Crippen LogP contribution is -2.21. The molecule has 0 saturated carbocycles. The van der Waals surface area contributed by atoms with Crippen molar-refractivity contribution in [2.75, 3.05) is 0 Å². The summed E-state index contributed by atoms with van der Waals surface area (Å²) in [7, 11) is 0. The van der Waals surface area contributed by atoms with Crippen molar-refractivity contribution in [1.29, 1.82) is 0 Å². The first kappa shape index (κ1) is 14.0. The predicted octanol–water partition coefficient (Wildman–Crippen LogP) is 3.97. The van der Waals surface area contributed by atoms with Crippen molar-refractivity contribution in [3.8, 4) is 0 Å². The molecule has 0 amide bonds. The number of H-pyrrole nitrogens is 1.